The molecule has 0 atom stereocenters. The predicted octanol–water partition coefficient (Wildman–Crippen LogP) is 5.65. The highest BCUT2D eigenvalue weighted by Crippen LogP contribution is 2.25. The standard InChI is InChI=1S/C18H15ClN2OS2/c1-12-2-7-17(16(19)8-12)21-18(22)13-3-5-15(6-4-13)24-10-14-9-23-11-20-14/h2-9,11H,10H2,1H3,(H,21,22). The number of benzene rings is 2. The Morgan fingerprint density at radius 2 is 2.04 bits per heavy atom. The molecule has 0 aliphatic rings. The van der Waals surface area contributed by atoms with Crippen LogP contribution in [0.15, 0.2) is 58.3 Å². The third-order valence-corrected chi connectivity index (χ3v) is 5.35. The number of amides is 1. The Kier molecular flexibility index (Phi) is 5.56. The van der Waals surface area contributed by atoms with Gasteiger partial charge in [-0.1, -0.05) is 17.7 Å². The van der Waals surface area contributed by atoms with Gasteiger partial charge in [0.05, 0.1) is 21.9 Å². The third-order valence-electron chi connectivity index (χ3n) is 3.36. The number of halogens is 1. The van der Waals surface area contributed by atoms with Crippen LogP contribution in [0.4, 0.5) is 5.69 Å². The van der Waals surface area contributed by atoms with Gasteiger partial charge in [0.1, 0.15) is 0 Å². The largest absolute Gasteiger partial charge is 0.321 e. The van der Waals surface area contributed by atoms with Crippen LogP contribution in [0.2, 0.25) is 5.02 Å². The van der Waals surface area contributed by atoms with Crippen LogP contribution in [-0.4, -0.2) is 10.9 Å². The normalized spacial score (nSPS) is 10.6. The maximum atomic E-state index is 12.3. The lowest BCUT2D eigenvalue weighted by Gasteiger charge is -2.08. The first-order valence-electron chi connectivity index (χ1n) is 7.29. The Morgan fingerprint density at radius 3 is 2.71 bits per heavy atom. The molecule has 3 aromatic rings. The minimum atomic E-state index is -0.170. The summed E-state index contributed by atoms with van der Waals surface area (Å²) in [5.74, 6) is 0.658. The zero-order valence-corrected chi connectivity index (χ0v) is 15.3. The molecule has 3 nitrogen and oxygen atoms in total. The number of aryl methyl sites for hydroxylation is 1. The molecule has 1 amide bonds. The summed E-state index contributed by atoms with van der Waals surface area (Å²) in [6.45, 7) is 1.96. The molecule has 0 unspecified atom stereocenters. The highest BCUT2D eigenvalue weighted by Gasteiger charge is 2.09. The molecule has 0 spiro atoms. The van der Waals surface area contributed by atoms with Crippen LogP contribution >= 0.6 is 34.7 Å². The molecule has 0 fully saturated rings. The summed E-state index contributed by atoms with van der Waals surface area (Å²) in [4.78, 5) is 17.7. The number of nitrogens with zero attached hydrogens (tertiary/aromatic N) is 1. The van der Waals surface area contributed by atoms with Crippen molar-refractivity contribution in [2.45, 2.75) is 17.6 Å². The number of carbonyl (C=O) groups is 1. The average molecular weight is 375 g/mol. The first-order valence-corrected chi connectivity index (χ1v) is 9.60. The summed E-state index contributed by atoms with van der Waals surface area (Å²) in [7, 11) is 0. The maximum Gasteiger partial charge on any atom is 0.255 e. The molecule has 3 rings (SSSR count). The van der Waals surface area contributed by atoms with Crippen LogP contribution in [0.3, 0.4) is 0 Å². The molecule has 0 aliphatic carbocycles. The van der Waals surface area contributed by atoms with Crippen molar-refractivity contribution in [3.05, 3.63) is 75.2 Å². The fourth-order valence-corrected chi connectivity index (χ4v) is 3.83. The minimum absolute atomic E-state index is 0.170. The zero-order valence-electron chi connectivity index (χ0n) is 13.0. The minimum Gasteiger partial charge on any atom is -0.321 e. The summed E-state index contributed by atoms with van der Waals surface area (Å²) >= 11 is 9.45. The Morgan fingerprint density at radius 1 is 1.25 bits per heavy atom. The van der Waals surface area contributed by atoms with E-state index in [1.807, 2.05) is 60.3 Å². The van der Waals surface area contributed by atoms with Crippen LogP contribution in [-0.2, 0) is 5.75 Å². The Bertz CT molecular complexity index is 833. The fourth-order valence-electron chi connectivity index (χ4n) is 2.08. The van der Waals surface area contributed by atoms with E-state index in [9.17, 15) is 4.79 Å². The molecule has 0 radical (unpaired) electrons. The van der Waals surface area contributed by atoms with E-state index in [4.69, 9.17) is 11.6 Å². The van der Waals surface area contributed by atoms with Crippen molar-refractivity contribution in [1.82, 2.24) is 4.98 Å². The van der Waals surface area contributed by atoms with Gasteiger partial charge in [-0.25, -0.2) is 4.98 Å². The lowest BCUT2D eigenvalue weighted by atomic mass is 10.2. The Hall–Kier alpha value is -1.82. The van der Waals surface area contributed by atoms with E-state index < -0.39 is 0 Å². The van der Waals surface area contributed by atoms with Crippen molar-refractivity contribution in [2.75, 3.05) is 5.32 Å². The van der Waals surface area contributed by atoms with Gasteiger partial charge in [-0.3, -0.25) is 4.79 Å². The van der Waals surface area contributed by atoms with E-state index in [0.29, 0.717) is 16.3 Å². The van der Waals surface area contributed by atoms with Gasteiger partial charge in [0, 0.05) is 21.6 Å². The summed E-state index contributed by atoms with van der Waals surface area (Å²) in [6, 6.07) is 13.1. The molecule has 122 valence electrons. The monoisotopic (exact) mass is 374 g/mol. The number of hydrogen-bond acceptors (Lipinski definition) is 4. The highest BCUT2D eigenvalue weighted by atomic mass is 35.5. The molecular weight excluding hydrogens is 360 g/mol. The maximum absolute atomic E-state index is 12.3. The SMILES string of the molecule is Cc1ccc(NC(=O)c2ccc(SCc3cscn3)cc2)c(Cl)c1. The number of aromatic nitrogens is 1. The summed E-state index contributed by atoms with van der Waals surface area (Å²) < 4.78 is 0. The number of thiazole rings is 1. The molecule has 1 N–H and O–H groups in total. The van der Waals surface area contributed by atoms with Gasteiger partial charge in [0.15, 0.2) is 0 Å². The average Bonchev–Trinajstić information content (AvgIpc) is 3.09. The van der Waals surface area contributed by atoms with Crippen molar-refractivity contribution in [3.63, 3.8) is 0 Å². The van der Waals surface area contributed by atoms with Crippen molar-refractivity contribution >= 4 is 46.3 Å². The lowest BCUT2D eigenvalue weighted by Crippen LogP contribution is -2.12. The van der Waals surface area contributed by atoms with Crippen molar-refractivity contribution < 1.29 is 4.79 Å². The first-order chi connectivity index (χ1) is 11.6. The van der Waals surface area contributed by atoms with E-state index >= 15 is 0 Å². The molecule has 1 aromatic heterocycles. The molecule has 0 bridgehead atoms. The molecule has 0 saturated carbocycles. The summed E-state index contributed by atoms with van der Waals surface area (Å²) in [5.41, 5.74) is 5.18. The van der Waals surface area contributed by atoms with E-state index in [1.54, 1.807) is 23.1 Å². The van der Waals surface area contributed by atoms with Gasteiger partial charge >= 0.3 is 0 Å². The molecule has 6 heteroatoms. The summed E-state index contributed by atoms with van der Waals surface area (Å²) in [5, 5.41) is 5.42. The second kappa shape index (κ2) is 7.83. The number of nitrogens with one attached hydrogen (secondary N) is 1. The van der Waals surface area contributed by atoms with Gasteiger partial charge in [-0.05, 0) is 48.9 Å². The predicted molar refractivity (Wildman–Crippen MR) is 102 cm³/mol. The van der Waals surface area contributed by atoms with Gasteiger partial charge < -0.3 is 5.32 Å². The Balaban J connectivity index is 1.63. The zero-order chi connectivity index (χ0) is 16.9. The number of rotatable bonds is 5. The Labute approximate surface area is 154 Å². The van der Waals surface area contributed by atoms with Crippen molar-refractivity contribution in [2.24, 2.45) is 0 Å². The molecule has 0 aliphatic heterocycles. The lowest BCUT2D eigenvalue weighted by molar-refractivity contribution is 0.102. The van der Waals surface area contributed by atoms with Crippen molar-refractivity contribution in [3.8, 4) is 0 Å². The number of anilines is 1. The number of carbonyl (C=O) groups excluding carboxylic acids is 1. The molecule has 24 heavy (non-hydrogen) atoms. The fraction of sp³-hybridized carbons (Fsp3) is 0.111. The number of hydrogen-bond donors (Lipinski definition) is 1. The summed E-state index contributed by atoms with van der Waals surface area (Å²) in [6.07, 6.45) is 0. The van der Waals surface area contributed by atoms with E-state index in [-0.39, 0.29) is 5.91 Å². The smallest absolute Gasteiger partial charge is 0.255 e. The molecule has 1 heterocycles. The first kappa shape index (κ1) is 17.0. The van der Waals surface area contributed by atoms with Crippen LogP contribution in [0.25, 0.3) is 0 Å². The third kappa shape index (κ3) is 4.38. The van der Waals surface area contributed by atoms with E-state index in [2.05, 4.69) is 10.3 Å². The van der Waals surface area contributed by atoms with Crippen LogP contribution in [0, 0.1) is 6.92 Å². The molecule has 2 aromatic carbocycles. The number of thioether (sulfide) groups is 1. The highest BCUT2D eigenvalue weighted by molar-refractivity contribution is 7.98. The van der Waals surface area contributed by atoms with Crippen LogP contribution in [0.5, 0.6) is 0 Å². The van der Waals surface area contributed by atoms with Gasteiger partial charge in [0.2, 0.25) is 0 Å². The van der Waals surface area contributed by atoms with E-state index in [0.717, 1.165) is 21.9 Å². The van der Waals surface area contributed by atoms with E-state index in [1.165, 1.54) is 0 Å². The van der Waals surface area contributed by atoms with Gasteiger partial charge in [-0.2, -0.15) is 0 Å². The van der Waals surface area contributed by atoms with Gasteiger partial charge in [-0.15, -0.1) is 23.1 Å². The van der Waals surface area contributed by atoms with Crippen LogP contribution in [0.1, 0.15) is 21.6 Å². The second-order valence-electron chi connectivity index (χ2n) is 5.23. The van der Waals surface area contributed by atoms with Crippen LogP contribution < -0.4 is 5.32 Å². The van der Waals surface area contributed by atoms with Gasteiger partial charge in [0.25, 0.3) is 5.91 Å². The second-order valence-corrected chi connectivity index (χ2v) is 7.40. The topological polar surface area (TPSA) is 42.0 Å². The molecular formula is C18H15ClN2OS2. The quantitative estimate of drug-likeness (QED) is 0.587. The molecule has 0 saturated heterocycles. The van der Waals surface area contributed by atoms with Crippen molar-refractivity contribution in [1.29, 1.82) is 0 Å².